The number of ketones is 1. The summed E-state index contributed by atoms with van der Waals surface area (Å²) in [5, 5.41) is 0. The van der Waals surface area contributed by atoms with Crippen LogP contribution in [0.4, 0.5) is 0 Å². The van der Waals surface area contributed by atoms with Gasteiger partial charge in [-0.3, -0.25) is 4.79 Å². The van der Waals surface area contributed by atoms with Gasteiger partial charge < -0.3 is 4.55 Å². The third-order valence-electron chi connectivity index (χ3n) is 4.69. The highest BCUT2D eigenvalue weighted by Crippen LogP contribution is 2.65. The fourth-order valence-electron chi connectivity index (χ4n) is 3.62. The second-order valence-corrected chi connectivity index (χ2v) is 8.08. The summed E-state index contributed by atoms with van der Waals surface area (Å²) in [7, 11) is -4.31. The average molecular weight is 307 g/mol. The highest BCUT2D eigenvalue weighted by atomic mass is 32.3. The molecule has 108 valence electrons. The molecule has 6 nitrogen and oxygen atoms in total. The zero-order valence-corrected chi connectivity index (χ0v) is 12.3. The second kappa shape index (κ2) is 4.21. The van der Waals surface area contributed by atoms with Gasteiger partial charge in [0.15, 0.2) is 5.78 Å². The maximum absolute atomic E-state index is 12.3. The molecule has 0 aliphatic heterocycles. The Morgan fingerprint density at radius 3 is 2.53 bits per heavy atom. The standard InChI is InChI=1S/C11H16O6S2/c1-7-8-4-5-11(9(7)12,10(8,2)3)6-19(15,16)17-18(13)14/h8H,1,4-6H2,2-3H3,(H,13,14)/p-1. The van der Waals surface area contributed by atoms with E-state index in [0.717, 1.165) is 0 Å². The fraction of sp³-hybridized carbons (Fsp3) is 0.727. The molecule has 0 heterocycles. The van der Waals surface area contributed by atoms with Crippen LogP contribution in [0.5, 0.6) is 0 Å². The van der Waals surface area contributed by atoms with Gasteiger partial charge in [-0.15, -0.1) is 0 Å². The molecule has 2 fully saturated rings. The van der Waals surface area contributed by atoms with Crippen molar-refractivity contribution in [2.45, 2.75) is 26.7 Å². The van der Waals surface area contributed by atoms with Crippen LogP contribution in [0, 0.1) is 16.7 Å². The number of hydrogen-bond donors (Lipinski definition) is 0. The second-order valence-electron chi connectivity index (χ2n) is 5.72. The lowest BCUT2D eigenvalue weighted by molar-refractivity contribution is -0.125. The predicted molar refractivity (Wildman–Crippen MR) is 66.9 cm³/mol. The van der Waals surface area contributed by atoms with Crippen LogP contribution in [0.3, 0.4) is 0 Å². The molecule has 3 atom stereocenters. The molecule has 8 heteroatoms. The SMILES string of the molecule is C=C1C(=O)C2(CS(=O)(=O)OS(=O)[O-])CCC1C2(C)C. The number of hydrogen-bond acceptors (Lipinski definition) is 6. The molecule has 0 aromatic heterocycles. The minimum Gasteiger partial charge on any atom is -0.749 e. The minimum atomic E-state index is -4.31. The summed E-state index contributed by atoms with van der Waals surface area (Å²) >= 11 is -3.16. The first-order chi connectivity index (χ1) is 8.53. The van der Waals surface area contributed by atoms with Crippen molar-refractivity contribution in [2.75, 3.05) is 5.75 Å². The molecule has 2 bridgehead atoms. The minimum absolute atomic E-state index is 0.0482. The molecule has 0 saturated heterocycles. The van der Waals surface area contributed by atoms with Crippen molar-refractivity contribution < 1.29 is 25.6 Å². The summed E-state index contributed by atoms with van der Waals surface area (Å²) in [5.41, 5.74) is -1.23. The third kappa shape index (κ3) is 2.01. The van der Waals surface area contributed by atoms with Crippen LogP contribution >= 0.6 is 0 Å². The first-order valence-corrected chi connectivity index (χ1v) is 8.37. The van der Waals surface area contributed by atoms with Crippen molar-refractivity contribution in [2.24, 2.45) is 16.7 Å². The molecule has 0 radical (unpaired) electrons. The largest absolute Gasteiger partial charge is 0.749 e. The summed E-state index contributed by atoms with van der Waals surface area (Å²) in [6.07, 6.45) is 1.10. The van der Waals surface area contributed by atoms with Crippen LogP contribution in [0.15, 0.2) is 12.2 Å². The highest BCUT2D eigenvalue weighted by molar-refractivity contribution is 7.95. The maximum atomic E-state index is 12.3. The number of fused-ring (bicyclic) bond motifs is 2. The Labute approximate surface area is 114 Å². The van der Waals surface area contributed by atoms with Crippen LogP contribution in [0.25, 0.3) is 0 Å². The number of allylic oxidation sites excluding steroid dienone is 1. The molecular formula is C11H15O6S2-. The molecule has 0 aromatic rings. The van der Waals surface area contributed by atoms with E-state index in [0.29, 0.717) is 18.4 Å². The Kier molecular flexibility index (Phi) is 3.29. The molecule has 2 aliphatic carbocycles. The van der Waals surface area contributed by atoms with E-state index in [1.807, 2.05) is 13.8 Å². The van der Waals surface area contributed by atoms with Gasteiger partial charge in [-0.25, -0.2) is 4.21 Å². The van der Waals surface area contributed by atoms with E-state index in [2.05, 4.69) is 10.2 Å². The summed E-state index contributed by atoms with van der Waals surface area (Å²) in [4.78, 5) is 12.3. The van der Waals surface area contributed by atoms with Crippen LogP contribution < -0.4 is 0 Å². The smallest absolute Gasteiger partial charge is 0.280 e. The van der Waals surface area contributed by atoms with E-state index >= 15 is 0 Å². The van der Waals surface area contributed by atoms with E-state index in [1.54, 1.807) is 0 Å². The average Bonchev–Trinajstić information content (AvgIpc) is 2.52. The summed E-state index contributed by atoms with van der Waals surface area (Å²) in [5.74, 6) is -0.944. The van der Waals surface area contributed by atoms with Gasteiger partial charge in [-0.05, 0) is 29.7 Å². The van der Waals surface area contributed by atoms with Gasteiger partial charge in [-0.2, -0.15) is 12.0 Å². The van der Waals surface area contributed by atoms with Gasteiger partial charge in [0, 0.05) is 0 Å². The van der Waals surface area contributed by atoms with Crippen molar-refractivity contribution in [1.82, 2.24) is 0 Å². The number of rotatable bonds is 4. The zero-order valence-electron chi connectivity index (χ0n) is 10.7. The Bertz CT molecular complexity index is 576. The first-order valence-electron chi connectivity index (χ1n) is 5.79. The highest BCUT2D eigenvalue weighted by Gasteiger charge is 2.67. The lowest BCUT2D eigenvalue weighted by Gasteiger charge is -2.35. The number of carbonyl (C=O) groups excluding carboxylic acids is 1. The van der Waals surface area contributed by atoms with Crippen molar-refractivity contribution in [3.63, 3.8) is 0 Å². The first kappa shape index (κ1) is 14.8. The van der Waals surface area contributed by atoms with Crippen LogP contribution in [0.2, 0.25) is 0 Å². The summed E-state index contributed by atoms with van der Waals surface area (Å²) in [6, 6.07) is 0. The van der Waals surface area contributed by atoms with Crippen LogP contribution in [0.1, 0.15) is 26.7 Å². The topological polar surface area (TPSA) is 101 Å². The van der Waals surface area contributed by atoms with Gasteiger partial charge in [-0.1, -0.05) is 20.4 Å². The molecule has 19 heavy (non-hydrogen) atoms. The molecule has 2 saturated carbocycles. The summed E-state index contributed by atoms with van der Waals surface area (Å²) < 4.78 is 48.2. The molecule has 2 aliphatic rings. The Hall–Kier alpha value is -0.570. The van der Waals surface area contributed by atoms with E-state index in [9.17, 15) is 22.0 Å². The molecule has 0 amide bonds. The van der Waals surface area contributed by atoms with Crippen molar-refractivity contribution in [3.8, 4) is 0 Å². The van der Waals surface area contributed by atoms with Gasteiger partial charge >= 0.3 is 0 Å². The Morgan fingerprint density at radius 2 is 2.11 bits per heavy atom. The van der Waals surface area contributed by atoms with Gasteiger partial charge in [0.2, 0.25) is 0 Å². The van der Waals surface area contributed by atoms with Crippen LogP contribution in [-0.4, -0.2) is 28.7 Å². The van der Waals surface area contributed by atoms with E-state index in [4.69, 9.17) is 0 Å². The third-order valence-corrected chi connectivity index (χ3v) is 6.81. The number of carbonyl (C=O) groups is 1. The van der Waals surface area contributed by atoms with Crippen molar-refractivity contribution in [1.29, 1.82) is 0 Å². The normalized spacial score (nSPS) is 34.8. The zero-order chi connectivity index (χ0) is 14.6. The lowest BCUT2D eigenvalue weighted by Crippen LogP contribution is -2.42. The molecular weight excluding hydrogens is 292 g/mol. The molecule has 3 unspecified atom stereocenters. The number of Topliss-reactive ketones (excluding diaryl/α,β-unsaturated/α-hetero) is 1. The van der Waals surface area contributed by atoms with Gasteiger partial charge in [0.25, 0.3) is 10.1 Å². The van der Waals surface area contributed by atoms with E-state index < -0.39 is 38.1 Å². The fourth-order valence-corrected chi connectivity index (χ4v) is 5.74. The monoisotopic (exact) mass is 307 g/mol. The molecule has 0 aromatic carbocycles. The van der Waals surface area contributed by atoms with Gasteiger partial charge in [0.05, 0.1) is 11.2 Å². The Morgan fingerprint density at radius 1 is 1.53 bits per heavy atom. The van der Waals surface area contributed by atoms with Crippen molar-refractivity contribution >= 4 is 27.3 Å². The molecule has 2 rings (SSSR count). The van der Waals surface area contributed by atoms with E-state index in [-0.39, 0.29) is 11.7 Å². The Balaban J connectivity index is 2.40. The van der Waals surface area contributed by atoms with Crippen molar-refractivity contribution in [3.05, 3.63) is 12.2 Å². The lowest BCUT2D eigenvalue weighted by atomic mass is 9.70. The molecule has 0 N–H and O–H groups in total. The van der Waals surface area contributed by atoms with Crippen LogP contribution in [-0.2, 0) is 29.9 Å². The molecule has 0 spiro atoms. The quantitative estimate of drug-likeness (QED) is 0.559. The van der Waals surface area contributed by atoms with Gasteiger partial charge in [0.1, 0.15) is 11.4 Å². The maximum Gasteiger partial charge on any atom is 0.280 e. The summed E-state index contributed by atoms with van der Waals surface area (Å²) in [6.45, 7) is 7.39. The predicted octanol–water partition coefficient (Wildman–Crippen LogP) is 0.688. The van der Waals surface area contributed by atoms with E-state index in [1.165, 1.54) is 0 Å².